The van der Waals surface area contributed by atoms with Crippen molar-refractivity contribution >= 4 is 17.8 Å². The van der Waals surface area contributed by atoms with Gasteiger partial charge in [0.25, 0.3) is 0 Å². The number of carbonyl (C=O) groups is 2. The zero-order valence-corrected chi connectivity index (χ0v) is 17.0. The van der Waals surface area contributed by atoms with E-state index in [1.54, 1.807) is 0 Å². The predicted molar refractivity (Wildman–Crippen MR) is 114 cm³/mol. The van der Waals surface area contributed by atoms with E-state index in [1.807, 2.05) is 60.7 Å². The molecule has 0 heterocycles. The van der Waals surface area contributed by atoms with Crippen molar-refractivity contribution in [3.05, 3.63) is 71.8 Å². The van der Waals surface area contributed by atoms with Gasteiger partial charge in [-0.2, -0.15) is 0 Å². The number of nitrogens with zero attached hydrogens (tertiary/aromatic N) is 1. The normalized spacial score (nSPS) is 11.7. The zero-order chi connectivity index (χ0) is 21.9. The summed E-state index contributed by atoms with van der Waals surface area (Å²) in [6.07, 6.45) is 0.570. The van der Waals surface area contributed by atoms with Crippen LogP contribution < -0.4 is 11.1 Å². The quantitative estimate of drug-likeness (QED) is 0.194. The molecule has 1 atom stereocenters. The summed E-state index contributed by atoms with van der Waals surface area (Å²) >= 11 is 0. The number of amides is 1. The van der Waals surface area contributed by atoms with E-state index < -0.39 is 17.9 Å². The average molecular weight is 412 g/mol. The molecule has 0 bridgehead atoms. The molecule has 0 saturated carbocycles. The first-order valence-electron chi connectivity index (χ1n) is 9.73. The van der Waals surface area contributed by atoms with Gasteiger partial charge in [-0.05, 0) is 24.0 Å². The van der Waals surface area contributed by atoms with E-state index >= 15 is 0 Å². The highest BCUT2D eigenvalue weighted by Gasteiger charge is 2.30. The minimum atomic E-state index is -1.15. The van der Waals surface area contributed by atoms with Crippen LogP contribution in [0.2, 0.25) is 0 Å². The van der Waals surface area contributed by atoms with Crippen molar-refractivity contribution in [2.45, 2.75) is 31.7 Å². The molecule has 2 aromatic carbocycles. The Morgan fingerprint density at radius 3 is 2.07 bits per heavy atom. The van der Waals surface area contributed by atoms with Crippen LogP contribution in [0.1, 0.15) is 36.8 Å². The summed E-state index contributed by atoms with van der Waals surface area (Å²) in [6, 6.07) is 18.3. The maximum absolute atomic E-state index is 12.2. The molecule has 8 nitrogen and oxygen atoms in total. The Labute approximate surface area is 176 Å². The van der Waals surface area contributed by atoms with E-state index in [-0.39, 0.29) is 24.9 Å². The monoisotopic (exact) mass is 412 g/mol. The third-order valence-corrected chi connectivity index (χ3v) is 4.63. The molecule has 30 heavy (non-hydrogen) atoms. The van der Waals surface area contributed by atoms with Crippen LogP contribution in [-0.4, -0.2) is 47.2 Å². The van der Waals surface area contributed by atoms with Gasteiger partial charge in [-0.25, -0.2) is 9.86 Å². The van der Waals surface area contributed by atoms with Gasteiger partial charge in [-0.3, -0.25) is 15.0 Å². The molecule has 0 aliphatic rings. The predicted octanol–water partition coefficient (Wildman–Crippen LogP) is 2.32. The van der Waals surface area contributed by atoms with Gasteiger partial charge in [-0.1, -0.05) is 60.7 Å². The highest BCUT2D eigenvalue weighted by Crippen LogP contribution is 2.25. The molecule has 0 radical (unpaired) electrons. The van der Waals surface area contributed by atoms with Gasteiger partial charge >= 0.3 is 5.97 Å². The first-order chi connectivity index (χ1) is 14.4. The molecule has 0 aliphatic heterocycles. The van der Waals surface area contributed by atoms with Gasteiger partial charge in [0, 0.05) is 19.4 Å². The van der Waals surface area contributed by atoms with Gasteiger partial charge in [0.05, 0.1) is 6.61 Å². The van der Waals surface area contributed by atoms with Crippen LogP contribution in [0, 0.1) is 5.41 Å². The highest BCUT2D eigenvalue weighted by molar-refractivity contribution is 5.81. The van der Waals surface area contributed by atoms with Crippen molar-refractivity contribution in [3.63, 3.8) is 0 Å². The SMILES string of the molecule is CC(=O)N(OCC(c1ccccc1)c1ccccc1)[C@@H](CCCNC(=N)N)C(=O)O. The Morgan fingerprint density at radius 2 is 1.63 bits per heavy atom. The lowest BCUT2D eigenvalue weighted by Crippen LogP contribution is -2.45. The number of guanidine groups is 1. The van der Waals surface area contributed by atoms with E-state index in [2.05, 4.69) is 5.32 Å². The number of hydroxylamine groups is 2. The molecule has 2 aromatic rings. The standard InChI is InChI=1S/C22H28N4O4/c1-16(27)26(20(21(28)29)13-8-14-25-22(23)24)30-15-19(17-9-4-2-5-10-17)18-11-6-3-7-12-18/h2-7,9-12,19-20H,8,13-15H2,1H3,(H,28,29)(H4,23,24,25)/t20-/m0/s1. The fourth-order valence-electron chi connectivity index (χ4n) is 3.17. The Kier molecular flexibility index (Phi) is 8.83. The van der Waals surface area contributed by atoms with E-state index in [9.17, 15) is 14.7 Å². The second-order valence-electron chi connectivity index (χ2n) is 6.85. The largest absolute Gasteiger partial charge is 0.480 e. The fraction of sp³-hybridized carbons (Fsp3) is 0.318. The number of carbonyl (C=O) groups excluding carboxylic acids is 1. The molecule has 160 valence electrons. The van der Waals surface area contributed by atoms with Crippen LogP contribution in [0.25, 0.3) is 0 Å². The highest BCUT2D eigenvalue weighted by atomic mass is 16.7. The van der Waals surface area contributed by atoms with Crippen LogP contribution in [0.15, 0.2) is 60.7 Å². The van der Waals surface area contributed by atoms with E-state index in [1.165, 1.54) is 6.92 Å². The summed E-state index contributed by atoms with van der Waals surface area (Å²) in [7, 11) is 0. The maximum Gasteiger partial charge on any atom is 0.329 e. The molecule has 0 aromatic heterocycles. The van der Waals surface area contributed by atoms with Crippen molar-refractivity contribution < 1.29 is 19.5 Å². The number of hydrogen-bond donors (Lipinski definition) is 4. The van der Waals surface area contributed by atoms with E-state index in [0.717, 1.165) is 16.2 Å². The average Bonchev–Trinajstić information content (AvgIpc) is 2.73. The number of aliphatic carboxylic acids is 1. The van der Waals surface area contributed by atoms with Crippen molar-refractivity contribution in [3.8, 4) is 0 Å². The Balaban J connectivity index is 2.15. The van der Waals surface area contributed by atoms with Crippen molar-refractivity contribution in [2.24, 2.45) is 5.73 Å². The Morgan fingerprint density at radius 1 is 1.10 bits per heavy atom. The third kappa shape index (κ3) is 6.89. The minimum absolute atomic E-state index is 0.114. The molecule has 2 rings (SSSR count). The van der Waals surface area contributed by atoms with E-state index in [4.69, 9.17) is 16.0 Å². The van der Waals surface area contributed by atoms with Gasteiger partial charge in [0.15, 0.2) is 12.0 Å². The number of carboxylic acid groups (broad SMARTS) is 1. The second kappa shape index (κ2) is 11.6. The summed E-state index contributed by atoms with van der Waals surface area (Å²) in [6.45, 7) is 1.73. The molecule has 8 heteroatoms. The van der Waals surface area contributed by atoms with Crippen LogP contribution in [0.4, 0.5) is 0 Å². The zero-order valence-electron chi connectivity index (χ0n) is 17.0. The lowest BCUT2D eigenvalue weighted by Gasteiger charge is -2.29. The second-order valence-corrected chi connectivity index (χ2v) is 6.85. The molecular formula is C22H28N4O4. The van der Waals surface area contributed by atoms with Crippen LogP contribution in [0.3, 0.4) is 0 Å². The van der Waals surface area contributed by atoms with Gasteiger partial charge in [0.2, 0.25) is 5.91 Å². The first kappa shape index (κ1) is 22.9. The first-order valence-corrected chi connectivity index (χ1v) is 9.73. The third-order valence-electron chi connectivity index (χ3n) is 4.63. The molecular weight excluding hydrogens is 384 g/mol. The van der Waals surface area contributed by atoms with Crippen molar-refractivity contribution in [1.82, 2.24) is 10.4 Å². The molecule has 0 saturated heterocycles. The number of benzene rings is 2. The number of nitrogens with two attached hydrogens (primary N) is 1. The molecule has 1 amide bonds. The molecule has 0 spiro atoms. The topological polar surface area (TPSA) is 129 Å². The summed E-state index contributed by atoms with van der Waals surface area (Å²) in [5.74, 6) is -1.98. The van der Waals surface area contributed by atoms with Crippen LogP contribution in [0.5, 0.6) is 0 Å². The van der Waals surface area contributed by atoms with Gasteiger partial charge in [-0.15, -0.1) is 0 Å². The van der Waals surface area contributed by atoms with Gasteiger partial charge in [0.1, 0.15) is 0 Å². The van der Waals surface area contributed by atoms with Crippen LogP contribution in [-0.2, 0) is 14.4 Å². The van der Waals surface area contributed by atoms with Crippen molar-refractivity contribution in [1.29, 1.82) is 5.41 Å². The molecule has 0 aliphatic carbocycles. The number of rotatable bonds is 11. The summed E-state index contributed by atoms with van der Waals surface area (Å²) < 4.78 is 0. The van der Waals surface area contributed by atoms with Crippen molar-refractivity contribution in [2.75, 3.05) is 13.2 Å². The number of carboxylic acids is 1. The number of hydrogen-bond acceptors (Lipinski definition) is 4. The minimum Gasteiger partial charge on any atom is -0.480 e. The van der Waals surface area contributed by atoms with Gasteiger partial charge < -0.3 is 16.2 Å². The van der Waals surface area contributed by atoms with E-state index in [0.29, 0.717) is 13.0 Å². The lowest BCUT2D eigenvalue weighted by atomic mass is 9.92. The van der Waals surface area contributed by atoms with Crippen LogP contribution >= 0.6 is 0 Å². The summed E-state index contributed by atoms with van der Waals surface area (Å²) in [4.78, 5) is 29.8. The Hall–Kier alpha value is -3.39. The fourth-order valence-corrected chi connectivity index (χ4v) is 3.17. The molecule has 0 unspecified atom stereocenters. The Bertz CT molecular complexity index is 790. The molecule has 0 fully saturated rings. The number of nitrogens with one attached hydrogen (secondary N) is 2. The lowest BCUT2D eigenvalue weighted by molar-refractivity contribution is -0.206. The summed E-state index contributed by atoms with van der Waals surface area (Å²) in [5.41, 5.74) is 7.24. The maximum atomic E-state index is 12.2. The summed E-state index contributed by atoms with van der Waals surface area (Å²) in [5, 5.41) is 20.4. The molecule has 5 N–H and O–H groups in total. The smallest absolute Gasteiger partial charge is 0.329 e.